The number of hydrogen-bond donors (Lipinski definition) is 0. The molecule has 0 N–H and O–H groups in total. The van der Waals surface area contributed by atoms with Crippen LogP contribution < -0.4 is 0 Å². The molecule has 0 aromatic heterocycles. The van der Waals surface area contributed by atoms with E-state index >= 15 is 0 Å². The molecular formula is C10H17ClF3N. The van der Waals surface area contributed by atoms with E-state index in [-0.39, 0.29) is 11.8 Å². The third-order valence-corrected chi connectivity index (χ3v) is 3.47. The molecular weight excluding hydrogens is 227 g/mol. The van der Waals surface area contributed by atoms with Crippen LogP contribution in [0.4, 0.5) is 13.2 Å². The highest BCUT2D eigenvalue weighted by Gasteiger charge is 2.28. The van der Waals surface area contributed by atoms with Crippen molar-refractivity contribution in [1.82, 2.24) is 4.90 Å². The molecule has 2 unspecified atom stereocenters. The van der Waals surface area contributed by atoms with Gasteiger partial charge in [-0.15, -0.1) is 11.6 Å². The SMILES string of the molecule is CC1CN(CCCC(F)(F)F)CCC1Cl. The maximum absolute atomic E-state index is 11.9. The molecule has 0 amide bonds. The van der Waals surface area contributed by atoms with Gasteiger partial charge < -0.3 is 4.90 Å². The highest BCUT2D eigenvalue weighted by atomic mass is 35.5. The fraction of sp³-hybridized carbons (Fsp3) is 1.00. The zero-order chi connectivity index (χ0) is 11.5. The van der Waals surface area contributed by atoms with Gasteiger partial charge in [-0.25, -0.2) is 0 Å². The third kappa shape index (κ3) is 5.07. The molecule has 0 bridgehead atoms. The van der Waals surface area contributed by atoms with Crippen LogP contribution in [0.1, 0.15) is 26.2 Å². The molecule has 1 saturated heterocycles. The van der Waals surface area contributed by atoms with Crippen molar-refractivity contribution in [2.45, 2.75) is 37.7 Å². The number of halogens is 4. The van der Waals surface area contributed by atoms with Gasteiger partial charge in [0.1, 0.15) is 0 Å². The zero-order valence-corrected chi connectivity index (χ0v) is 9.61. The summed E-state index contributed by atoms with van der Waals surface area (Å²) >= 11 is 6.03. The van der Waals surface area contributed by atoms with Gasteiger partial charge in [-0.1, -0.05) is 6.92 Å². The van der Waals surface area contributed by atoms with E-state index in [1.54, 1.807) is 0 Å². The first-order valence-electron chi connectivity index (χ1n) is 5.31. The molecule has 1 rings (SSSR count). The van der Waals surface area contributed by atoms with Gasteiger partial charge in [0.15, 0.2) is 0 Å². The van der Waals surface area contributed by atoms with Crippen molar-refractivity contribution in [3.63, 3.8) is 0 Å². The molecule has 0 aromatic carbocycles. The Morgan fingerprint density at radius 2 is 2.07 bits per heavy atom. The molecule has 1 fully saturated rings. The Balaban J connectivity index is 2.17. The molecule has 0 saturated carbocycles. The van der Waals surface area contributed by atoms with Gasteiger partial charge in [-0.2, -0.15) is 13.2 Å². The van der Waals surface area contributed by atoms with Crippen LogP contribution in [-0.2, 0) is 0 Å². The number of alkyl halides is 4. The Bertz CT molecular complexity index is 196. The highest BCUT2D eigenvalue weighted by Crippen LogP contribution is 2.24. The smallest absolute Gasteiger partial charge is 0.303 e. The predicted molar refractivity (Wildman–Crippen MR) is 55.2 cm³/mol. The van der Waals surface area contributed by atoms with Gasteiger partial charge in [-0.05, 0) is 31.8 Å². The molecule has 0 spiro atoms. The van der Waals surface area contributed by atoms with Crippen LogP contribution in [-0.4, -0.2) is 36.1 Å². The Hall–Kier alpha value is 0.0400. The maximum Gasteiger partial charge on any atom is 0.389 e. The quantitative estimate of drug-likeness (QED) is 0.688. The van der Waals surface area contributed by atoms with Crippen molar-refractivity contribution in [2.75, 3.05) is 19.6 Å². The van der Waals surface area contributed by atoms with E-state index in [0.717, 1.165) is 19.5 Å². The average Bonchev–Trinajstić information content (AvgIpc) is 2.09. The molecule has 15 heavy (non-hydrogen) atoms. The number of hydrogen-bond acceptors (Lipinski definition) is 1. The Kier molecular flexibility index (Phi) is 4.71. The van der Waals surface area contributed by atoms with E-state index in [4.69, 9.17) is 11.6 Å². The monoisotopic (exact) mass is 243 g/mol. The normalized spacial score (nSPS) is 29.4. The summed E-state index contributed by atoms with van der Waals surface area (Å²) in [4.78, 5) is 2.08. The second-order valence-corrected chi connectivity index (χ2v) is 4.86. The molecule has 2 atom stereocenters. The predicted octanol–water partition coefficient (Wildman–Crippen LogP) is 3.28. The number of nitrogens with zero attached hydrogens (tertiary/aromatic N) is 1. The van der Waals surface area contributed by atoms with Gasteiger partial charge in [-0.3, -0.25) is 0 Å². The zero-order valence-electron chi connectivity index (χ0n) is 8.86. The lowest BCUT2D eigenvalue weighted by Crippen LogP contribution is -2.40. The standard InChI is InChI=1S/C10H17ClF3N/c1-8-7-15(6-3-9(8)11)5-2-4-10(12,13)14/h8-9H,2-7H2,1H3. The maximum atomic E-state index is 11.9. The first kappa shape index (κ1) is 13.1. The lowest BCUT2D eigenvalue weighted by atomic mass is 9.99. The number of rotatable bonds is 3. The van der Waals surface area contributed by atoms with Crippen molar-refractivity contribution in [1.29, 1.82) is 0 Å². The van der Waals surface area contributed by atoms with E-state index in [1.165, 1.54) is 0 Å². The van der Waals surface area contributed by atoms with Crippen LogP contribution in [0.15, 0.2) is 0 Å². The molecule has 1 aliphatic heterocycles. The van der Waals surface area contributed by atoms with E-state index in [9.17, 15) is 13.2 Å². The summed E-state index contributed by atoms with van der Waals surface area (Å²) in [7, 11) is 0. The minimum Gasteiger partial charge on any atom is -0.303 e. The highest BCUT2D eigenvalue weighted by molar-refractivity contribution is 6.20. The van der Waals surface area contributed by atoms with Crippen molar-refractivity contribution in [3.05, 3.63) is 0 Å². The van der Waals surface area contributed by atoms with Crippen LogP contribution in [0.3, 0.4) is 0 Å². The molecule has 90 valence electrons. The van der Waals surface area contributed by atoms with Gasteiger partial charge in [0.25, 0.3) is 0 Å². The number of likely N-dealkylation sites (tertiary alicyclic amines) is 1. The van der Waals surface area contributed by atoms with Crippen LogP contribution >= 0.6 is 11.6 Å². The van der Waals surface area contributed by atoms with Crippen molar-refractivity contribution in [3.8, 4) is 0 Å². The summed E-state index contributed by atoms with van der Waals surface area (Å²) in [5, 5.41) is 0.184. The van der Waals surface area contributed by atoms with Gasteiger partial charge in [0, 0.05) is 18.3 Å². The molecule has 0 radical (unpaired) electrons. The minimum absolute atomic E-state index is 0.184. The molecule has 1 aliphatic rings. The van der Waals surface area contributed by atoms with Crippen molar-refractivity contribution in [2.24, 2.45) is 5.92 Å². The number of piperidine rings is 1. The topological polar surface area (TPSA) is 3.24 Å². The fourth-order valence-corrected chi connectivity index (χ4v) is 2.09. The van der Waals surface area contributed by atoms with Gasteiger partial charge in [0.05, 0.1) is 0 Å². The first-order valence-corrected chi connectivity index (χ1v) is 5.75. The minimum atomic E-state index is -4.02. The largest absolute Gasteiger partial charge is 0.389 e. The summed E-state index contributed by atoms with van der Waals surface area (Å²) in [5.41, 5.74) is 0. The molecule has 0 aromatic rings. The van der Waals surface area contributed by atoms with Gasteiger partial charge >= 0.3 is 6.18 Å². The van der Waals surface area contributed by atoms with E-state index < -0.39 is 12.6 Å². The Morgan fingerprint density at radius 1 is 1.40 bits per heavy atom. The van der Waals surface area contributed by atoms with E-state index in [0.29, 0.717) is 12.5 Å². The summed E-state index contributed by atoms with van der Waals surface area (Å²) in [6.45, 7) is 4.24. The van der Waals surface area contributed by atoms with Crippen LogP contribution in [0, 0.1) is 5.92 Å². The summed E-state index contributed by atoms with van der Waals surface area (Å²) in [6.07, 6.45) is -3.61. The summed E-state index contributed by atoms with van der Waals surface area (Å²) < 4.78 is 35.7. The molecule has 1 heterocycles. The van der Waals surface area contributed by atoms with Crippen LogP contribution in [0.25, 0.3) is 0 Å². The fourth-order valence-electron chi connectivity index (χ4n) is 1.91. The van der Waals surface area contributed by atoms with Crippen molar-refractivity contribution >= 4 is 11.6 Å². The Morgan fingerprint density at radius 3 is 2.60 bits per heavy atom. The molecule has 5 heteroatoms. The van der Waals surface area contributed by atoms with Crippen LogP contribution in [0.5, 0.6) is 0 Å². The second-order valence-electron chi connectivity index (χ2n) is 4.30. The lowest BCUT2D eigenvalue weighted by molar-refractivity contribution is -0.136. The van der Waals surface area contributed by atoms with Crippen LogP contribution in [0.2, 0.25) is 0 Å². The van der Waals surface area contributed by atoms with Gasteiger partial charge in [0.2, 0.25) is 0 Å². The average molecular weight is 244 g/mol. The lowest BCUT2D eigenvalue weighted by Gasteiger charge is -2.34. The summed E-state index contributed by atoms with van der Waals surface area (Å²) in [6, 6.07) is 0. The Labute approximate surface area is 93.6 Å². The molecule has 0 aliphatic carbocycles. The molecule has 1 nitrogen and oxygen atoms in total. The third-order valence-electron chi connectivity index (χ3n) is 2.82. The van der Waals surface area contributed by atoms with E-state index in [1.807, 2.05) is 6.92 Å². The second kappa shape index (κ2) is 5.39. The van der Waals surface area contributed by atoms with Crippen molar-refractivity contribution < 1.29 is 13.2 Å². The first-order chi connectivity index (χ1) is 6.88. The van der Waals surface area contributed by atoms with E-state index in [2.05, 4.69) is 4.90 Å². The summed E-state index contributed by atoms with van der Waals surface area (Å²) in [5.74, 6) is 0.381.